The standard InChI is InChI=1S/C20H30N4O3/c1-14(25)17(18(26)21-2)23(3)12-16-9-10-20(13-22-19(20)27)24(16)11-15-7-5-4-6-8-15/h4-8,14,16-17,25H,9-13H2,1-3H3,(H,21,26)(H,22,27)/t14-,16?,17+,20?/m1/s1. The van der Waals surface area contributed by atoms with Crippen LogP contribution in [0.5, 0.6) is 0 Å². The van der Waals surface area contributed by atoms with Crippen molar-refractivity contribution in [2.45, 2.75) is 50.0 Å². The zero-order valence-electron chi connectivity index (χ0n) is 16.3. The molecule has 7 heteroatoms. The van der Waals surface area contributed by atoms with Gasteiger partial charge in [-0.05, 0) is 32.4 Å². The zero-order chi connectivity index (χ0) is 19.6. The topological polar surface area (TPSA) is 84.9 Å². The molecule has 2 fully saturated rings. The number of carbonyl (C=O) groups excluding carboxylic acids is 2. The highest BCUT2D eigenvalue weighted by atomic mass is 16.3. The highest BCUT2D eigenvalue weighted by molar-refractivity contribution is 5.93. The summed E-state index contributed by atoms with van der Waals surface area (Å²) in [5.74, 6) is -0.0989. The fraction of sp³-hybridized carbons (Fsp3) is 0.600. The molecule has 7 nitrogen and oxygen atoms in total. The number of aliphatic hydroxyl groups excluding tert-OH is 1. The van der Waals surface area contributed by atoms with Gasteiger partial charge in [-0.25, -0.2) is 0 Å². The Morgan fingerprint density at radius 1 is 1.44 bits per heavy atom. The Labute approximate surface area is 160 Å². The van der Waals surface area contributed by atoms with E-state index in [4.69, 9.17) is 0 Å². The van der Waals surface area contributed by atoms with E-state index in [9.17, 15) is 14.7 Å². The molecule has 0 bridgehead atoms. The average Bonchev–Trinajstić information content (AvgIpc) is 3.01. The number of aliphatic hydroxyl groups is 1. The van der Waals surface area contributed by atoms with E-state index < -0.39 is 17.7 Å². The lowest BCUT2D eigenvalue weighted by Gasteiger charge is -2.47. The van der Waals surface area contributed by atoms with Gasteiger partial charge in [-0.1, -0.05) is 30.3 Å². The van der Waals surface area contributed by atoms with Gasteiger partial charge in [-0.3, -0.25) is 19.4 Å². The van der Waals surface area contributed by atoms with Gasteiger partial charge in [0.25, 0.3) is 0 Å². The third-order valence-electron chi connectivity index (χ3n) is 5.99. The number of hydrogen-bond donors (Lipinski definition) is 3. The summed E-state index contributed by atoms with van der Waals surface area (Å²) in [5, 5.41) is 15.6. The quantitative estimate of drug-likeness (QED) is 0.583. The highest BCUT2D eigenvalue weighted by Crippen LogP contribution is 2.39. The van der Waals surface area contributed by atoms with Gasteiger partial charge in [0, 0.05) is 32.7 Å². The van der Waals surface area contributed by atoms with E-state index in [-0.39, 0.29) is 17.9 Å². The first kappa shape index (κ1) is 19.8. The Bertz CT molecular complexity index is 681. The van der Waals surface area contributed by atoms with Crippen LogP contribution in [0.15, 0.2) is 30.3 Å². The Kier molecular flexibility index (Phi) is 5.83. The predicted molar refractivity (Wildman–Crippen MR) is 103 cm³/mol. The molecule has 148 valence electrons. The maximum absolute atomic E-state index is 12.4. The fourth-order valence-electron chi connectivity index (χ4n) is 4.48. The van der Waals surface area contributed by atoms with Gasteiger partial charge in [-0.15, -0.1) is 0 Å². The largest absolute Gasteiger partial charge is 0.391 e. The van der Waals surface area contributed by atoms with Crippen molar-refractivity contribution < 1.29 is 14.7 Å². The van der Waals surface area contributed by atoms with Crippen molar-refractivity contribution in [3.8, 4) is 0 Å². The first-order valence-corrected chi connectivity index (χ1v) is 9.58. The number of hydrogen-bond acceptors (Lipinski definition) is 5. The van der Waals surface area contributed by atoms with Crippen LogP contribution in [0.3, 0.4) is 0 Å². The highest BCUT2D eigenvalue weighted by Gasteiger charge is 2.56. The van der Waals surface area contributed by atoms with Crippen LogP contribution in [0.4, 0.5) is 0 Å². The summed E-state index contributed by atoms with van der Waals surface area (Å²) in [4.78, 5) is 28.8. The van der Waals surface area contributed by atoms with E-state index in [1.165, 1.54) is 5.56 Å². The summed E-state index contributed by atoms with van der Waals surface area (Å²) >= 11 is 0. The second-order valence-electron chi connectivity index (χ2n) is 7.76. The number of likely N-dealkylation sites (N-methyl/N-ethyl adjacent to an activating group) is 2. The van der Waals surface area contributed by atoms with Gasteiger partial charge in [0.15, 0.2) is 0 Å². The molecule has 0 aromatic heterocycles. The van der Waals surface area contributed by atoms with Crippen LogP contribution in [-0.2, 0) is 16.1 Å². The van der Waals surface area contributed by atoms with Crippen LogP contribution in [0.25, 0.3) is 0 Å². The third kappa shape index (κ3) is 3.72. The molecule has 4 atom stereocenters. The SMILES string of the molecule is CNC(=O)[C@H]([C@@H](C)O)N(C)CC1CCC2(CNC2=O)N1Cc1ccccc1. The van der Waals surface area contributed by atoms with Gasteiger partial charge in [0.1, 0.15) is 11.6 Å². The summed E-state index contributed by atoms with van der Waals surface area (Å²) in [5.41, 5.74) is 0.735. The molecule has 1 aromatic carbocycles. The first-order valence-electron chi connectivity index (χ1n) is 9.58. The lowest BCUT2D eigenvalue weighted by molar-refractivity contribution is -0.143. The van der Waals surface area contributed by atoms with Crippen molar-refractivity contribution in [2.75, 3.05) is 27.2 Å². The monoisotopic (exact) mass is 374 g/mol. The number of β-lactam (4-membered cyclic amide) rings is 1. The fourth-order valence-corrected chi connectivity index (χ4v) is 4.48. The van der Waals surface area contributed by atoms with E-state index in [1.807, 2.05) is 30.1 Å². The zero-order valence-corrected chi connectivity index (χ0v) is 16.3. The van der Waals surface area contributed by atoms with Crippen molar-refractivity contribution in [3.63, 3.8) is 0 Å². The second kappa shape index (κ2) is 7.96. The number of benzene rings is 1. The van der Waals surface area contributed by atoms with Gasteiger partial charge in [0.05, 0.1) is 6.10 Å². The van der Waals surface area contributed by atoms with E-state index in [1.54, 1.807) is 14.0 Å². The second-order valence-corrected chi connectivity index (χ2v) is 7.76. The number of amides is 2. The van der Waals surface area contributed by atoms with Crippen LogP contribution < -0.4 is 10.6 Å². The molecular weight excluding hydrogens is 344 g/mol. The number of nitrogens with zero attached hydrogens (tertiary/aromatic N) is 2. The summed E-state index contributed by atoms with van der Waals surface area (Å²) in [6.45, 7) is 3.62. The normalized spacial score (nSPS) is 27.3. The minimum atomic E-state index is -0.778. The third-order valence-corrected chi connectivity index (χ3v) is 5.99. The summed E-state index contributed by atoms with van der Waals surface area (Å²) in [6.07, 6.45) is 0.939. The molecule has 1 spiro atoms. The minimum Gasteiger partial charge on any atom is -0.391 e. The molecule has 3 N–H and O–H groups in total. The van der Waals surface area contributed by atoms with E-state index in [0.717, 1.165) is 12.8 Å². The van der Waals surface area contributed by atoms with Crippen molar-refractivity contribution in [1.82, 2.24) is 20.4 Å². The number of rotatable bonds is 7. The molecule has 2 aliphatic rings. The molecule has 2 unspecified atom stereocenters. The van der Waals surface area contributed by atoms with Crippen molar-refractivity contribution >= 4 is 11.8 Å². The lowest BCUT2D eigenvalue weighted by atomic mass is 9.88. The summed E-state index contributed by atoms with van der Waals surface area (Å²) in [6, 6.07) is 9.69. The first-order chi connectivity index (χ1) is 12.9. The predicted octanol–water partition coefficient (Wildman–Crippen LogP) is -0.0532. The Morgan fingerprint density at radius 2 is 2.15 bits per heavy atom. The van der Waals surface area contributed by atoms with Crippen molar-refractivity contribution in [1.29, 1.82) is 0 Å². The number of carbonyl (C=O) groups is 2. The maximum atomic E-state index is 12.4. The molecule has 2 aliphatic heterocycles. The maximum Gasteiger partial charge on any atom is 0.242 e. The van der Waals surface area contributed by atoms with Crippen molar-refractivity contribution in [2.24, 2.45) is 0 Å². The molecule has 27 heavy (non-hydrogen) atoms. The summed E-state index contributed by atoms with van der Waals surface area (Å²) in [7, 11) is 3.44. The Hall–Kier alpha value is -1.96. The molecule has 2 amide bonds. The van der Waals surface area contributed by atoms with Crippen LogP contribution in [0, 0.1) is 0 Å². The van der Waals surface area contributed by atoms with E-state index in [2.05, 4.69) is 27.7 Å². The van der Waals surface area contributed by atoms with Gasteiger partial charge >= 0.3 is 0 Å². The Morgan fingerprint density at radius 3 is 2.67 bits per heavy atom. The molecule has 2 heterocycles. The van der Waals surface area contributed by atoms with Gasteiger partial charge < -0.3 is 15.7 Å². The number of nitrogens with one attached hydrogen (secondary N) is 2. The average molecular weight is 374 g/mol. The van der Waals surface area contributed by atoms with Crippen LogP contribution in [0.1, 0.15) is 25.3 Å². The molecule has 0 aliphatic carbocycles. The molecule has 0 radical (unpaired) electrons. The smallest absolute Gasteiger partial charge is 0.242 e. The van der Waals surface area contributed by atoms with Gasteiger partial charge in [-0.2, -0.15) is 0 Å². The molecule has 1 aromatic rings. The lowest BCUT2D eigenvalue weighted by Crippen LogP contribution is -2.71. The van der Waals surface area contributed by atoms with E-state index >= 15 is 0 Å². The summed E-state index contributed by atoms with van der Waals surface area (Å²) < 4.78 is 0. The van der Waals surface area contributed by atoms with Crippen LogP contribution >= 0.6 is 0 Å². The minimum absolute atomic E-state index is 0.0990. The van der Waals surface area contributed by atoms with Crippen LogP contribution in [-0.4, -0.2) is 77.6 Å². The number of likely N-dealkylation sites (tertiary alicyclic amines) is 1. The molecule has 3 rings (SSSR count). The molecule has 2 saturated heterocycles. The molecular formula is C20H30N4O3. The van der Waals surface area contributed by atoms with Crippen LogP contribution in [0.2, 0.25) is 0 Å². The van der Waals surface area contributed by atoms with Crippen molar-refractivity contribution in [3.05, 3.63) is 35.9 Å². The van der Waals surface area contributed by atoms with E-state index in [0.29, 0.717) is 19.6 Å². The van der Waals surface area contributed by atoms with Gasteiger partial charge in [0.2, 0.25) is 11.8 Å². The Balaban J connectivity index is 1.78. The molecule has 0 saturated carbocycles.